The van der Waals surface area contributed by atoms with Gasteiger partial charge in [-0.05, 0) is 18.2 Å². The minimum Gasteiger partial charge on any atom is -0.435 e. The van der Waals surface area contributed by atoms with Crippen molar-refractivity contribution in [3.05, 3.63) is 28.8 Å². The van der Waals surface area contributed by atoms with Crippen LogP contribution >= 0.6 is 23.4 Å². The number of hydrogen-bond donors (Lipinski definition) is 1. The van der Waals surface area contributed by atoms with Crippen molar-refractivity contribution in [1.82, 2.24) is 0 Å². The summed E-state index contributed by atoms with van der Waals surface area (Å²) in [5.41, 5.74) is 0.603. The van der Waals surface area contributed by atoms with Crippen LogP contribution < -0.4 is 4.74 Å². The van der Waals surface area contributed by atoms with E-state index >= 15 is 0 Å². The molecule has 0 unspecified atom stereocenters. The highest BCUT2D eigenvalue weighted by Gasteiger charge is 2.10. The average Bonchev–Trinajstić information content (AvgIpc) is 2.22. The van der Waals surface area contributed by atoms with Crippen molar-refractivity contribution in [2.75, 3.05) is 12.4 Å². The molecule has 0 radical (unpaired) electrons. The molecule has 0 fully saturated rings. The highest BCUT2D eigenvalue weighted by molar-refractivity contribution is 7.98. The lowest BCUT2D eigenvalue weighted by molar-refractivity contribution is -0.0503. The molecule has 0 saturated heterocycles. The SMILES string of the molecule is OCCSCc1cc(Cl)ccc1OC(F)F. The van der Waals surface area contributed by atoms with Gasteiger partial charge in [-0.3, -0.25) is 0 Å². The van der Waals surface area contributed by atoms with Crippen LogP contribution in [0, 0.1) is 0 Å². The predicted molar refractivity (Wildman–Crippen MR) is 61.3 cm³/mol. The van der Waals surface area contributed by atoms with Crippen molar-refractivity contribution < 1.29 is 18.6 Å². The Morgan fingerprint density at radius 1 is 1.44 bits per heavy atom. The molecular formula is C10H11ClF2O2S. The van der Waals surface area contributed by atoms with Crippen molar-refractivity contribution in [2.24, 2.45) is 0 Å². The number of aliphatic hydroxyl groups excluding tert-OH is 1. The summed E-state index contributed by atoms with van der Waals surface area (Å²) in [6, 6.07) is 4.51. The molecule has 90 valence electrons. The zero-order valence-electron chi connectivity index (χ0n) is 8.33. The Balaban J connectivity index is 2.73. The van der Waals surface area contributed by atoms with Crippen LogP contribution in [0.15, 0.2) is 18.2 Å². The van der Waals surface area contributed by atoms with E-state index in [0.29, 0.717) is 22.1 Å². The zero-order chi connectivity index (χ0) is 12.0. The molecule has 1 aromatic rings. The van der Waals surface area contributed by atoms with E-state index in [2.05, 4.69) is 4.74 Å². The second-order valence-corrected chi connectivity index (χ2v) is 4.45. The lowest BCUT2D eigenvalue weighted by Gasteiger charge is -2.10. The molecule has 0 aliphatic rings. The van der Waals surface area contributed by atoms with E-state index < -0.39 is 6.61 Å². The lowest BCUT2D eigenvalue weighted by atomic mass is 10.2. The van der Waals surface area contributed by atoms with Crippen molar-refractivity contribution in [3.63, 3.8) is 0 Å². The molecule has 1 aromatic carbocycles. The maximum Gasteiger partial charge on any atom is 0.387 e. The highest BCUT2D eigenvalue weighted by Crippen LogP contribution is 2.27. The number of thioether (sulfide) groups is 1. The number of benzene rings is 1. The molecule has 0 aromatic heterocycles. The van der Waals surface area contributed by atoms with Crippen LogP contribution in [-0.4, -0.2) is 24.1 Å². The number of hydrogen-bond acceptors (Lipinski definition) is 3. The molecule has 0 heterocycles. The monoisotopic (exact) mass is 268 g/mol. The van der Waals surface area contributed by atoms with E-state index in [1.54, 1.807) is 6.07 Å². The first-order valence-electron chi connectivity index (χ1n) is 4.55. The molecule has 6 heteroatoms. The average molecular weight is 269 g/mol. The third kappa shape index (κ3) is 4.55. The minimum atomic E-state index is -2.84. The Morgan fingerprint density at radius 2 is 2.19 bits per heavy atom. The maximum absolute atomic E-state index is 12.1. The number of rotatable bonds is 6. The largest absolute Gasteiger partial charge is 0.435 e. The van der Waals surface area contributed by atoms with Crippen LogP contribution in [-0.2, 0) is 5.75 Å². The van der Waals surface area contributed by atoms with Gasteiger partial charge in [0, 0.05) is 22.1 Å². The highest BCUT2D eigenvalue weighted by atomic mass is 35.5. The van der Waals surface area contributed by atoms with Crippen LogP contribution in [0.25, 0.3) is 0 Å². The molecule has 0 atom stereocenters. The quantitative estimate of drug-likeness (QED) is 0.804. The van der Waals surface area contributed by atoms with Crippen molar-refractivity contribution in [3.8, 4) is 5.75 Å². The predicted octanol–water partition coefficient (Wildman–Crippen LogP) is 3.17. The van der Waals surface area contributed by atoms with E-state index in [9.17, 15) is 8.78 Å². The molecular weight excluding hydrogens is 258 g/mol. The zero-order valence-corrected chi connectivity index (χ0v) is 9.90. The molecule has 1 rings (SSSR count). The number of ether oxygens (including phenoxy) is 1. The van der Waals surface area contributed by atoms with Crippen LogP contribution in [0.4, 0.5) is 8.78 Å². The molecule has 1 N–H and O–H groups in total. The first-order valence-corrected chi connectivity index (χ1v) is 6.08. The topological polar surface area (TPSA) is 29.5 Å². The third-order valence-electron chi connectivity index (χ3n) is 1.73. The van der Waals surface area contributed by atoms with Crippen LogP contribution in [0.3, 0.4) is 0 Å². The van der Waals surface area contributed by atoms with Gasteiger partial charge in [0.05, 0.1) is 6.61 Å². The van der Waals surface area contributed by atoms with Gasteiger partial charge in [0.25, 0.3) is 0 Å². The van der Waals surface area contributed by atoms with Crippen LogP contribution in [0.5, 0.6) is 5.75 Å². The molecule has 0 amide bonds. The molecule has 2 nitrogen and oxygen atoms in total. The fraction of sp³-hybridized carbons (Fsp3) is 0.400. The molecule has 0 saturated carbocycles. The fourth-order valence-electron chi connectivity index (χ4n) is 1.12. The summed E-state index contributed by atoms with van der Waals surface area (Å²) in [5, 5.41) is 9.09. The minimum absolute atomic E-state index is 0.0519. The summed E-state index contributed by atoms with van der Waals surface area (Å²) in [6.07, 6.45) is 0. The second-order valence-electron chi connectivity index (χ2n) is 2.91. The number of aliphatic hydroxyl groups is 1. The van der Waals surface area contributed by atoms with Gasteiger partial charge in [0.15, 0.2) is 0 Å². The van der Waals surface area contributed by atoms with Crippen molar-refractivity contribution in [2.45, 2.75) is 12.4 Å². The van der Waals surface area contributed by atoms with E-state index in [4.69, 9.17) is 16.7 Å². The Bertz CT molecular complexity index is 337. The normalized spacial score (nSPS) is 10.8. The van der Waals surface area contributed by atoms with Crippen LogP contribution in [0.2, 0.25) is 5.02 Å². The van der Waals surface area contributed by atoms with Gasteiger partial charge in [0.2, 0.25) is 0 Å². The van der Waals surface area contributed by atoms with E-state index in [0.717, 1.165) is 0 Å². The second kappa shape index (κ2) is 6.93. The van der Waals surface area contributed by atoms with Gasteiger partial charge in [0.1, 0.15) is 5.75 Å². The standard InChI is InChI=1S/C10H11ClF2O2S/c11-8-1-2-9(15-10(12)13)7(5-8)6-16-4-3-14/h1-2,5,10,14H,3-4,6H2. The fourth-order valence-corrected chi connectivity index (χ4v) is 2.03. The summed E-state index contributed by atoms with van der Waals surface area (Å²) in [5.74, 6) is 1.15. The van der Waals surface area contributed by atoms with Gasteiger partial charge in [-0.15, -0.1) is 0 Å². The summed E-state index contributed by atoms with van der Waals surface area (Å²) in [7, 11) is 0. The first kappa shape index (κ1) is 13.5. The van der Waals surface area contributed by atoms with Gasteiger partial charge in [-0.25, -0.2) is 0 Å². The molecule has 16 heavy (non-hydrogen) atoms. The molecule has 0 spiro atoms. The Kier molecular flexibility index (Phi) is 5.87. The first-order chi connectivity index (χ1) is 7.63. The van der Waals surface area contributed by atoms with E-state index in [1.165, 1.54) is 23.9 Å². The Morgan fingerprint density at radius 3 is 2.81 bits per heavy atom. The van der Waals surface area contributed by atoms with Gasteiger partial charge in [-0.2, -0.15) is 20.5 Å². The van der Waals surface area contributed by atoms with E-state index in [-0.39, 0.29) is 12.4 Å². The van der Waals surface area contributed by atoms with Crippen molar-refractivity contribution >= 4 is 23.4 Å². The van der Waals surface area contributed by atoms with Crippen LogP contribution in [0.1, 0.15) is 5.56 Å². The van der Waals surface area contributed by atoms with Gasteiger partial charge >= 0.3 is 6.61 Å². The Hall–Kier alpha value is -0.520. The summed E-state index contributed by atoms with van der Waals surface area (Å²) in [4.78, 5) is 0. The van der Waals surface area contributed by atoms with Crippen molar-refractivity contribution in [1.29, 1.82) is 0 Å². The summed E-state index contributed by atoms with van der Waals surface area (Å²) < 4.78 is 28.5. The summed E-state index contributed by atoms with van der Waals surface area (Å²) in [6.45, 7) is -2.79. The molecule has 0 aliphatic heterocycles. The van der Waals surface area contributed by atoms with Gasteiger partial charge < -0.3 is 9.84 Å². The smallest absolute Gasteiger partial charge is 0.387 e. The molecule has 0 bridgehead atoms. The lowest BCUT2D eigenvalue weighted by Crippen LogP contribution is -2.04. The number of alkyl halides is 2. The Labute approximate surface area is 102 Å². The van der Waals surface area contributed by atoms with E-state index in [1.807, 2.05) is 0 Å². The summed E-state index contributed by atoms with van der Waals surface area (Å²) >= 11 is 7.19. The van der Waals surface area contributed by atoms with Gasteiger partial charge in [-0.1, -0.05) is 11.6 Å². The number of halogens is 3. The maximum atomic E-state index is 12.1. The third-order valence-corrected chi connectivity index (χ3v) is 2.95. The molecule has 0 aliphatic carbocycles.